The number of carbonyl (C=O) groups excluding carboxylic acids is 3. The SMILES string of the molecule is O=C1NC(=O)N(c2ccc(I)cc2)C(=O)[C@@H]1C=Nc1ccc(I)cc1. The molecule has 4 amide bonds. The maximum absolute atomic E-state index is 12.7. The number of urea groups is 1. The average Bonchev–Trinajstić information content (AvgIpc) is 2.57. The summed E-state index contributed by atoms with van der Waals surface area (Å²) in [6, 6.07) is 13.4. The van der Waals surface area contributed by atoms with E-state index in [9.17, 15) is 14.4 Å². The molecule has 1 heterocycles. The number of hydrogen-bond acceptors (Lipinski definition) is 4. The van der Waals surface area contributed by atoms with Gasteiger partial charge >= 0.3 is 6.03 Å². The van der Waals surface area contributed by atoms with Gasteiger partial charge in [0.05, 0.1) is 11.4 Å². The molecule has 1 N–H and O–H groups in total. The Morgan fingerprint density at radius 3 is 2.08 bits per heavy atom. The number of nitrogens with one attached hydrogen (secondary N) is 1. The van der Waals surface area contributed by atoms with E-state index in [1.165, 1.54) is 6.21 Å². The van der Waals surface area contributed by atoms with Gasteiger partial charge in [0, 0.05) is 13.4 Å². The second kappa shape index (κ2) is 7.60. The fraction of sp³-hybridized carbons (Fsp3) is 0.0588. The van der Waals surface area contributed by atoms with E-state index in [1.807, 2.05) is 12.1 Å². The molecule has 0 aromatic heterocycles. The molecule has 2 aromatic rings. The third-order valence-electron chi connectivity index (χ3n) is 3.49. The van der Waals surface area contributed by atoms with Gasteiger partial charge in [-0.25, -0.2) is 9.69 Å². The number of hydrogen-bond donors (Lipinski definition) is 1. The van der Waals surface area contributed by atoms with Crippen LogP contribution in [0.5, 0.6) is 0 Å². The highest BCUT2D eigenvalue weighted by atomic mass is 127. The normalized spacial score (nSPS) is 17.9. The molecule has 0 aliphatic carbocycles. The lowest BCUT2D eigenvalue weighted by Crippen LogP contribution is -2.58. The molecule has 6 nitrogen and oxygen atoms in total. The van der Waals surface area contributed by atoms with E-state index in [-0.39, 0.29) is 0 Å². The maximum atomic E-state index is 12.7. The third kappa shape index (κ3) is 4.06. The van der Waals surface area contributed by atoms with E-state index in [1.54, 1.807) is 36.4 Å². The standard InChI is InChI=1S/C17H11I2N3O3/c18-10-1-5-12(6-2-10)20-9-14-15(23)21-17(25)22(16(14)24)13-7-3-11(19)4-8-13/h1-9,14H,(H,21,23,25)/t14-/m1/s1. The van der Waals surface area contributed by atoms with Gasteiger partial charge in [-0.3, -0.25) is 19.9 Å². The Morgan fingerprint density at radius 1 is 0.920 bits per heavy atom. The molecule has 0 radical (unpaired) electrons. The molecule has 1 saturated heterocycles. The van der Waals surface area contributed by atoms with Gasteiger partial charge in [0.1, 0.15) is 0 Å². The Kier molecular flexibility index (Phi) is 5.47. The summed E-state index contributed by atoms with van der Waals surface area (Å²) in [5.41, 5.74) is 1.03. The van der Waals surface area contributed by atoms with Crippen LogP contribution < -0.4 is 10.2 Å². The molecule has 0 unspecified atom stereocenters. The summed E-state index contributed by atoms with van der Waals surface area (Å²) in [6.45, 7) is 0. The van der Waals surface area contributed by atoms with Gasteiger partial charge in [0.15, 0.2) is 5.92 Å². The van der Waals surface area contributed by atoms with E-state index in [0.29, 0.717) is 11.4 Å². The van der Waals surface area contributed by atoms with Crippen LogP contribution in [0.1, 0.15) is 0 Å². The quantitative estimate of drug-likeness (QED) is 0.356. The van der Waals surface area contributed by atoms with Crippen LogP contribution >= 0.6 is 45.2 Å². The highest BCUT2D eigenvalue weighted by molar-refractivity contribution is 14.1. The zero-order valence-corrected chi connectivity index (χ0v) is 17.0. The van der Waals surface area contributed by atoms with Crippen LogP contribution in [0.2, 0.25) is 0 Å². The summed E-state index contributed by atoms with van der Waals surface area (Å²) in [6.07, 6.45) is 1.27. The molecule has 8 heteroatoms. The van der Waals surface area contributed by atoms with Crippen LogP contribution in [0.3, 0.4) is 0 Å². The van der Waals surface area contributed by atoms with Crippen molar-refractivity contribution in [3.05, 3.63) is 55.7 Å². The first-order chi connectivity index (χ1) is 12.0. The Balaban J connectivity index is 1.87. The summed E-state index contributed by atoms with van der Waals surface area (Å²) in [5, 5.41) is 2.20. The predicted molar refractivity (Wildman–Crippen MR) is 111 cm³/mol. The van der Waals surface area contributed by atoms with Crippen LogP contribution in [0.15, 0.2) is 53.5 Å². The second-order valence-electron chi connectivity index (χ2n) is 5.18. The van der Waals surface area contributed by atoms with Crippen LogP contribution in [-0.4, -0.2) is 24.1 Å². The minimum atomic E-state index is -1.16. The topological polar surface area (TPSA) is 78.8 Å². The van der Waals surface area contributed by atoms with E-state index in [4.69, 9.17) is 0 Å². The lowest BCUT2D eigenvalue weighted by Gasteiger charge is -2.28. The number of halogens is 2. The van der Waals surface area contributed by atoms with Gasteiger partial charge < -0.3 is 0 Å². The summed E-state index contributed by atoms with van der Waals surface area (Å²) in [5.74, 6) is -2.45. The number of imide groups is 2. The van der Waals surface area contributed by atoms with Gasteiger partial charge in [0.25, 0.3) is 5.91 Å². The number of benzene rings is 2. The number of barbiturate groups is 1. The first-order valence-corrected chi connectivity index (χ1v) is 9.35. The summed E-state index contributed by atoms with van der Waals surface area (Å²) >= 11 is 4.30. The number of carbonyl (C=O) groups is 3. The molecule has 1 aliphatic heterocycles. The van der Waals surface area contributed by atoms with Crippen molar-refractivity contribution in [1.82, 2.24) is 5.32 Å². The Hall–Kier alpha value is -1.82. The zero-order valence-electron chi connectivity index (χ0n) is 12.6. The van der Waals surface area contributed by atoms with E-state index in [0.717, 1.165) is 12.0 Å². The molecule has 126 valence electrons. The van der Waals surface area contributed by atoms with Gasteiger partial charge in [-0.15, -0.1) is 0 Å². The van der Waals surface area contributed by atoms with Crippen LogP contribution in [-0.2, 0) is 9.59 Å². The van der Waals surface area contributed by atoms with Gasteiger partial charge in [-0.1, -0.05) is 0 Å². The molecule has 1 aliphatic rings. The predicted octanol–water partition coefficient (Wildman–Crippen LogP) is 3.50. The van der Waals surface area contributed by atoms with Crippen LogP contribution in [0.25, 0.3) is 0 Å². The highest BCUT2D eigenvalue weighted by Gasteiger charge is 2.40. The summed E-state index contributed by atoms with van der Waals surface area (Å²) < 4.78 is 2.03. The second-order valence-corrected chi connectivity index (χ2v) is 7.67. The van der Waals surface area contributed by atoms with Crippen molar-refractivity contribution in [3.63, 3.8) is 0 Å². The lowest BCUT2D eigenvalue weighted by molar-refractivity contribution is -0.131. The molecule has 0 bridgehead atoms. The van der Waals surface area contributed by atoms with Crippen molar-refractivity contribution in [2.45, 2.75) is 0 Å². The first kappa shape index (κ1) is 18.0. The first-order valence-electron chi connectivity index (χ1n) is 7.20. The van der Waals surface area contributed by atoms with Crippen molar-refractivity contribution < 1.29 is 14.4 Å². The largest absolute Gasteiger partial charge is 0.335 e. The number of rotatable bonds is 3. The molecule has 0 spiro atoms. The number of amides is 4. The third-order valence-corrected chi connectivity index (χ3v) is 4.92. The molecular formula is C17H11I2N3O3. The minimum Gasteiger partial charge on any atom is -0.276 e. The highest BCUT2D eigenvalue weighted by Crippen LogP contribution is 2.22. The maximum Gasteiger partial charge on any atom is 0.335 e. The molecule has 25 heavy (non-hydrogen) atoms. The Bertz CT molecular complexity index is 864. The summed E-state index contributed by atoms with van der Waals surface area (Å²) in [7, 11) is 0. The molecule has 2 aromatic carbocycles. The van der Waals surface area contributed by atoms with E-state index in [2.05, 4.69) is 55.5 Å². The lowest BCUT2D eigenvalue weighted by atomic mass is 10.1. The van der Waals surface area contributed by atoms with Crippen molar-refractivity contribution in [1.29, 1.82) is 0 Å². The smallest absolute Gasteiger partial charge is 0.276 e. The molecule has 1 fully saturated rings. The van der Waals surface area contributed by atoms with Crippen molar-refractivity contribution in [3.8, 4) is 0 Å². The van der Waals surface area contributed by atoms with Crippen molar-refractivity contribution in [2.24, 2.45) is 10.9 Å². The molecule has 0 saturated carbocycles. The van der Waals surface area contributed by atoms with E-state index < -0.39 is 23.8 Å². The number of anilines is 1. The fourth-order valence-electron chi connectivity index (χ4n) is 2.24. The van der Waals surface area contributed by atoms with Gasteiger partial charge in [0.2, 0.25) is 5.91 Å². The van der Waals surface area contributed by atoms with Crippen LogP contribution in [0, 0.1) is 13.1 Å². The fourth-order valence-corrected chi connectivity index (χ4v) is 2.96. The molecular weight excluding hydrogens is 548 g/mol. The van der Waals surface area contributed by atoms with Gasteiger partial charge in [-0.2, -0.15) is 0 Å². The number of aliphatic imine (C=N–C) groups is 1. The monoisotopic (exact) mass is 559 g/mol. The van der Waals surface area contributed by atoms with E-state index >= 15 is 0 Å². The van der Waals surface area contributed by atoms with Crippen LogP contribution in [0.4, 0.5) is 16.2 Å². The molecule has 1 atom stereocenters. The zero-order chi connectivity index (χ0) is 18.0. The molecule has 3 rings (SSSR count). The number of nitrogens with zero attached hydrogens (tertiary/aromatic N) is 2. The minimum absolute atomic E-state index is 0.406. The average molecular weight is 559 g/mol. The van der Waals surface area contributed by atoms with Crippen molar-refractivity contribution >= 4 is 80.6 Å². The Labute approximate surface area is 171 Å². The van der Waals surface area contributed by atoms with Crippen molar-refractivity contribution in [2.75, 3.05) is 4.90 Å². The Morgan fingerprint density at radius 2 is 1.48 bits per heavy atom. The van der Waals surface area contributed by atoms with Gasteiger partial charge in [-0.05, 0) is 93.7 Å². The summed E-state index contributed by atoms with van der Waals surface area (Å²) in [4.78, 5) is 41.9.